The zero-order valence-corrected chi connectivity index (χ0v) is 12.2. The Labute approximate surface area is 120 Å². The molecule has 0 bridgehead atoms. The summed E-state index contributed by atoms with van der Waals surface area (Å²) in [4.78, 5) is 2.25. The van der Waals surface area contributed by atoms with E-state index >= 15 is 0 Å². The van der Waals surface area contributed by atoms with Crippen molar-refractivity contribution in [3.05, 3.63) is 35.4 Å². The van der Waals surface area contributed by atoms with E-state index < -0.39 is 6.10 Å². The number of piperidine rings is 1. The summed E-state index contributed by atoms with van der Waals surface area (Å²) in [6.07, 6.45) is 1.62. The zero-order valence-electron chi connectivity index (χ0n) is 12.2. The number of hydrogen-bond donors (Lipinski definition) is 1. The number of aliphatic hydroxyl groups is 1. The number of nitrogens with zero attached hydrogens (tertiary/aromatic N) is 2. The molecule has 4 heteroatoms. The molecule has 0 aromatic heterocycles. The first-order chi connectivity index (χ1) is 9.56. The number of aliphatic hydroxyl groups excluding tert-OH is 1. The normalized spacial score (nSPS) is 25.1. The van der Waals surface area contributed by atoms with Crippen LogP contribution in [0.4, 0.5) is 0 Å². The van der Waals surface area contributed by atoms with Crippen molar-refractivity contribution in [3.8, 4) is 6.07 Å². The summed E-state index contributed by atoms with van der Waals surface area (Å²) in [5.74, 6) is 0. The molecule has 1 aliphatic heterocycles. The number of methoxy groups -OCH3 is 1. The highest BCUT2D eigenvalue weighted by molar-refractivity contribution is 5.32. The molecule has 1 aromatic rings. The molecule has 1 aliphatic rings. The number of hydrogen-bond acceptors (Lipinski definition) is 4. The third kappa shape index (κ3) is 3.57. The van der Waals surface area contributed by atoms with Gasteiger partial charge < -0.3 is 9.84 Å². The molecule has 1 heterocycles. The van der Waals surface area contributed by atoms with E-state index in [4.69, 9.17) is 10.00 Å². The van der Waals surface area contributed by atoms with Gasteiger partial charge >= 0.3 is 0 Å². The molecule has 108 valence electrons. The first-order valence-electron chi connectivity index (χ1n) is 7.02. The molecule has 2 rings (SSSR count). The molecule has 2 atom stereocenters. The summed E-state index contributed by atoms with van der Waals surface area (Å²) in [6.45, 7) is 4.56. The predicted octanol–water partition coefficient (Wildman–Crippen LogP) is 2.09. The average Bonchev–Trinajstić information content (AvgIpc) is 2.47. The Hall–Kier alpha value is -1.41. The van der Waals surface area contributed by atoms with E-state index in [1.807, 2.05) is 12.1 Å². The van der Waals surface area contributed by atoms with Crippen LogP contribution in [-0.4, -0.2) is 42.4 Å². The Morgan fingerprint density at radius 2 is 2.15 bits per heavy atom. The molecular formula is C16H22N2O2. The highest BCUT2D eigenvalue weighted by atomic mass is 16.5. The van der Waals surface area contributed by atoms with Crippen LogP contribution in [0.15, 0.2) is 24.3 Å². The van der Waals surface area contributed by atoms with E-state index in [2.05, 4.69) is 17.9 Å². The van der Waals surface area contributed by atoms with Gasteiger partial charge in [0.1, 0.15) is 0 Å². The van der Waals surface area contributed by atoms with Crippen LogP contribution in [-0.2, 0) is 4.74 Å². The minimum absolute atomic E-state index is 0.108. The highest BCUT2D eigenvalue weighted by Crippen LogP contribution is 2.25. The molecule has 4 nitrogen and oxygen atoms in total. The van der Waals surface area contributed by atoms with Gasteiger partial charge in [0.2, 0.25) is 0 Å². The van der Waals surface area contributed by atoms with Gasteiger partial charge in [-0.05, 0) is 44.0 Å². The molecule has 0 saturated carbocycles. The molecular weight excluding hydrogens is 252 g/mol. The summed E-state index contributed by atoms with van der Waals surface area (Å²) < 4.78 is 5.57. The molecule has 0 spiro atoms. The van der Waals surface area contributed by atoms with Gasteiger partial charge in [-0.3, -0.25) is 4.90 Å². The Bertz CT molecular complexity index is 480. The largest absolute Gasteiger partial charge is 0.387 e. The van der Waals surface area contributed by atoms with E-state index in [1.165, 1.54) is 0 Å². The highest BCUT2D eigenvalue weighted by Gasteiger charge is 2.31. The SMILES string of the molecule is COC1(C)CCCN(CC(O)c2ccc(C#N)cc2)C1. The molecule has 2 unspecified atom stereocenters. The van der Waals surface area contributed by atoms with Crippen molar-refractivity contribution in [2.24, 2.45) is 0 Å². The maximum Gasteiger partial charge on any atom is 0.0991 e. The monoisotopic (exact) mass is 274 g/mol. The first kappa shape index (κ1) is 15.0. The van der Waals surface area contributed by atoms with Crippen LogP contribution < -0.4 is 0 Å². The number of ether oxygens (including phenoxy) is 1. The number of β-amino-alcohol motifs (C(OH)–C–C–N with tert-alkyl or cyclic N) is 1. The average molecular weight is 274 g/mol. The van der Waals surface area contributed by atoms with Gasteiger partial charge in [-0.25, -0.2) is 0 Å². The maximum atomic E-state index is 10.3. The van der Waals surface area contributed by atoms with Crippen molar-refractivity contribution in [3.63, 3.8) is 0 Å². The van der Waals surface area contributed by atoms with Gasteiger partial charge in [0.05, 0.1) is 23.3 Å². The van der Waals surface area contributed by atoms with Crippen LogP contribution >= 0.6 is 0 Å². The summed E-state index contributed by atoms with van der Waals surface area (Å²) >= 11 is 0. The number of nitriles is 1. The molecule has 0 radical (unpaired) electrons. The third-order valence-electron chi connectivity index (χ3n) is 4.09. The number of benzene rings is 1. The van der Waals surface area contributed by atoms with Crippen LogP contribution in [0.5, 0.6) is 0 Å². The molecule has 0 amide bonds. The number of rotatable bonds is 4. The lowest BCUT2D eigenvalue weighted by molar-refractivity contribution is -0.0586. The molecule has 1 saturated heterocycles. The van der Waals surface area contributed by atoms with Crippen molar-refractivity contribution in [2.75, 3.05) is 26.7 Å². The Morgan fingerprint density at radius 1 is 1.45 bits per heavy atom. The zero-order chi connectivity index (χ0) is 14.6. The summed E-state index contributed by atoms with van der Waals surface area (Å²) in [5, 5.41) is 19.1. The molecule has 1 fully saturated rings. The molecule has 1 aromatic carbocycles. The van der Waals surface area contributed by atoms with Gasteiger partial charge in [0, 0.05) is 20.2 Å². The van der Waals surface area contributed by atoms with Crippen molar-refractivity contribution >= 4 is 0 Å². The van der Waals surface area contributed by atoms with Gasteiger partial charge in [0.25, 0.3) is 0 Å². The fraction of sp³-hybridized carbons (Fsp3) is 0.562. The number of likely N-dealkylation sites (tertiary alicyclic amines) is 1. The van der Waals surface area contributed by atoms with Crippen LogP contribution in [0.3, 0.4) is 0 Å². The topological polar surface area (TPSA) is 56.5 Å². The lowest BCUT2D eigenvalue weighted by Gasteiger charge is -2.40. The Kier molecular flexibility index (Phi) is 4.77. The smallest absolute Gasteiger partial charge is 0.0991 e. The maximum absolute atomic E-state index is 10.3. The van der Waals surface area contributed by atoms with Crippen LogP contribution in [0.1, 0.15) is 37.0 Å². The molecule has 0 aliphatic carbocycles. The predicted molar refractivity (Wildman–Crippen MR) is 77.2 cm³/mol. The van der Waals surface area contributed by atoms with E-state index in [1.54, 1.807) is 19.2 Å². The van der Waals surface area contributed by atoms with E-state index in [9.17, 15) is 5.11 Å². The summed E-state index contributed by atoms with van der Waals surface area (Å²) in [5.41, 5.74) is 1.36. The lowest BCUT2D eigenvalue weighted by atomic mass is 9.94. The molecule has 1 N–H and O–H groups in total. The Balaban J connectivity index is 1.96. The quantitative estimate of drug-likeness (QED) is 0.913. The minimum Gasteiger partial charge on any atom is -0.387 e. The van der Waals surface area contributed by atoms with Crippen molar-refractivity contribution in [2.45, 2.75) is 31.5 Å². The summed E-state index contributed by atoms with van der Waals surface area (Å²) in [6, 6.07) is 9.22. The fourth-order valence-corrected chi connectivity index (χ4v) is 2.76. The van der Waals surface area contributed by atoms with Crippen LogP contribution in [0.2, 0.25) is 0 Å². The van der Waals surface area contributed by atoms with Crippen LogP contribution in [0, 0.1) is 11.3 Å². The van der Waals surface area contributed by atoms with E-state index in [0.717, 1.165) is 31.5 Å². The fourth-order valence-electron chi connectivity index (χ4n) is 2.76. The van der Waals surface area contributed by atoms with Crippen molar-refractivity contribution < 1.29 is 9.84 Å². The minimum atomic E-state index is -0.526. The Morgan fingerprint density at radius 3 is 2.75 bits per heavy atom. The van der Waals surface area contributed by atoms with Gasteiger partial charge in [-0.1, -0.05) is 12.1 Å². The van der Waals surface area contributed by atoms with Crippen molar-refractivity contribution in [1.29, 1.82) is 5.26 Å². The molecule has 20 heavy (non-hydrogen) atoms. The van der Waals surface area contributed by atoms with E-state index in [0.29, 0.717) is 12.1 Å². The van der Waals surface area contributed by atoms with E-state index in [-0.39, 0.29) is 5.60 Å². The van der Waals surface area contributed by atoms with Gasteiger partial charge in [-0.2, -0.15) is 5.26 Å². The van der Waals surface area contributed by atoms with Gasteiger partial charge in [-0.15, -0.1) is 0 Å². The second-order valence-corrected chi connectivity index (χ2v) is 5.74. The van der Waals surface area contributed by atoms with Gasteiger partial charge in [0.15, 0.2) is 0 Å². The standard InChI is InChI=1S/C16H22N2O2/c1-16(20-2)8-3-9-18(12-16)11-15(19)14-6-4-13(10-17)5-7-14/h4-7,15,19H,3,8-9,11-12H2,1-2H3. The van der Waals surface area contributed by atoms with Crippen LogP contribution in [0.25, 0.3) is 0 Å². The second kappa shape index (κ2) is 6.36. The lowest BCUT2D eigenvalue weighted by Crippen LogP contribution is -2.48. The first-order valence-corrected chi connectivity index (χ1v) is 7.02. The van der Waals surface area contributed by atoms with Crippen molar-refractivity contribution in [1.82, 2.24) is 4.90 Å². The summed E-state index contributed by atoms with van der Waals surface area (Å²) in [7, 11) is 1.75. The third-order valence-corrected chi connectivity index (χ3v) is 4.09. The second-order valence-electron chi connectivity index (χ2n) is 5.74.